The van der Waals surface area contributed by atoms with Gasteiger partial charge < -0.3 is 20.6 Å². The van der Waals surface area contributed by atoms with E-state index in [9.17, 15) is 9.90 Å². The van der Waals surface area contributed by atoms with Crippen molar-refractivity contribution in [3.05, 3.63) is 0 Å². The van der Waals surface area contributed by atoms with Gasteiger partial charge >= 0.3 is 0 Å². The van der Waals surface area contributed by atoms with Crippen LogP contribution in [0, 0.1) is 5.92 Å². The van der Waals surface area contributed by atoms with E-state index in [0.717, 1.165) is 71.1 Å². The van der Waals surface area contributed by atoms with Crippen LogP contribution in [0.15, 0.2) is 0 Å². The lowest BCUT2D eigenvalue weighted by atomic mass is 9.97. The maximum atomic E-state index is 12.5. The molecule has 5 nitrogen and oxygen atoms in total. The Labute approximate surface area is 151 Å². The fourth-order valence-electron chi connectivity index (χ4n) is 4.20. The largest absolute Gasteiger partial charge is 0.393 e. The van der Waals surface area contributed by atoms with E-state index < -0.39 is 0 Å². The first-order valence-corrected chi connectivity index (χ1v) is 8.60. The number of hydrogen-bond acceptors (Lipinski definition) is 4. The van der Waals surface area contributed by atoms with Gasteiger partial charge in [-0.3, -0.25) is 4.79 Å². The van der Waals surface area contributed by atoms with Gasteiger partial charge in [0, 0.05) is 44.2 Å². The predicted molar refractivity (Wildman–Crippen MR) is 96.2 cm³/mol. The Morgan fingerprint density at radius 2 is 1.52 bits per heavy atom. The number of carbonyl (C=O) groups is 1. The summed E-state index contributed by atoms with van der Waals surface area (Å²) in [5.41, 5.74) is 5.93. The average molecular weight is 368 g/mol. The number of carbonyl (C=O) groups excluding carboxylic acids is 1. The first-order chi connectivity index (χ1) is 10.1. The van der Waals surface area contributed by atoms with Crippen molar-refractivity contribution in [3.8, 4) is 0 Å². The molecular weight excluding hydrogens is 337 g/mol. The minimum atomic E-state index is -0.102. The van der Waals surface area contributed by atoms with E-state index in [1.54, 1.807) is 0 Å². The smallest absolute Gasteiger partial charge is 0.225 e. The molecule has 3 aliphatic rings. The molecule has 0 spiro atoms. The molecule has 2 aliphatic heterocycles. The quantitative estimate of drug-likeness (QED) is 0.773. The second-order valence-corrected chi connectivity index (χ2v) is 7.09. The first kappa shape index (κ1) is 21.0. The van der Waals surface area contributed by atoms with Crippen molar-refractivity contribution in [2.75, 3.05) is 26.2 Å². The molecular formula is C16H31Cl2N3O2. The SMILES string of the molecule is Cl.Cl.N[C@@H]1CC[C@H](C(=O)N2CCC(N3CCC(O)CC3)CC2)C1. The molecule has 7 heteroatoms. The van der Waals surface area contributed by atoms with Crippen LogP contribution in [-0.4, -0.2) is 65.2 Å². The molecule has 2 heterocycles. The first-order valence-electron chi connectivity index (χ1n) is 8.60. The Hall–Kier alpha value is -0.0700. The van der Waals surface area contributed by atoms with Gasteiger partial charge in [0.15, 0.2) is 0 Å². The van der Waals surface area contributed by atoms with Gasteiger partial charge in [0.25, 0.3) is 0 Å². The number of halogens is 2. The molecule has 0 radical (unpaired) electrons. The molecule has 0 unspecified atom stereocenters. The third kappa shape index (κ3) is 5.20. The van der Waals surface area contributed by atoms with Crippen molar-refractivity contribution >= 4 is 30.7 Å². The third-order valence-electron chi connectivity index (χ3n) is 5.61. The van der Waals surface area contributed by atoms with E-state index >= 15 is 0 Å². The maximum Gasteiger partial charge on any atom is 0.225 e. The molecule has 3 N–H and O–H groups in total. The Bertz CT molecular complexity index is 370. The lowest BCUT2D eigenvalue weighted by Gasteiger charge is -2.41. The number of amides is 1. The van der Waals surface area contributed by atoms with Crippen LogP contribution in [-0.2, 0) is 4.79 Å². The predicted octanol–water partition coefficient (Wildman–Crippen LogP) is 1.41. The lowest BCUT2D eigenvalue weighted by molar-refractivity contribution is -0.137. The summed E-state index contributed by atoms with van der Waals surface area (Å²) in [6.07, 6.45) is 6.73. The highest BCUT2D eigenvalue weighted by Gasteiger charge is 2.34. The van der Waals surface area contributed by atoms with E-state index in [1.807, 2.05) is 0 Å². The van der Waals surface area contributed by atoms with Gasteiger partial charge in [0.05, 0.1) is 6.10 Å². The molecule has 136 valence electrons. The Morgan fingerprint density at radius 3 is 2.04 bits per heavy atom. The highest BCUT2D eigenvalue weighted by Crippen LogP contribution is 2.28. The van der Waals surface area contributed by atoms with Crippen LogP contribution >= 0.6 is 24.8 Å². The minimum absolute atomic E-state index is 0. The topological polar surface area (TPSA) is 69.8 Å². The van der Waals surface area contributed by atoms with E-state index in [1.165, 1.54) is 0 Å². The molecule has 0 aromatic carbocycles. The highest BCUT2D eigenvalue weighted by atomic mass is 35.5. The zero-order valence-corrected chi connectivity index (χ0v) is 15.4. The van der Waals surface area contributed by atoms with Crippen molar-refractivity contribution < 1.29 is 9.90 Å². The molecule has 1 amide bonds. The molecule has 3 rings (SSSR count). The number of piperidine rings is 2. The van der Waals surface area contributed by atoms with Gasteiger partial charge in [-0.2, -0.15) is 0 Å². The molecule has 1 aliphatic carbocycles. The number of aliphatic hydroxyl groups excluding tert-OH is 1. The molecule has 0 bridgehead atoms. The molecule has 2 saturated heterocycles. The van der Waals surface area contributed by atoms with E-state index in [0.29, 0.717) is 11.9 Å². The fraction of sp³-hybridized carbons (Fsp3) is 0.938. The van der Waals surface area contributed by atoms with Gasteiger partial charge in [-0.15, -0.1) is 24.8 Å². The van der Waals surface area contributed by atoms with E-state index in [2.05, 4.69) is 9.80 Å². The lowest BCUT2D eigenvalue weighted by Crippen LogP contribution is -2.50. The second-order valence-electron chi connectivity index (χ2n) is 7.09. The minimum Gasteiger partial charge on any atom is -0.393 e. The van der Waals surface area contributed by atoms with Crippen LogP contribution in [0.1, 0.15) is 44.9 Å². The zero-order valence-electron chi connectivity index (χ0n) is 13.7. The summed E-state index contributed by atoms with van der Waals surface area (Å²) in [5.74, 6) is 0.525. The van der Waals surface area contributed by atoms with Gasteiger partial charge in [-0.1, -0.05) is 0 Å². The number of nitrogens with two attached hydrogens (primary N) is 1. The Morgan fingerprint density at radius 1 is 0.913 bits per heavy atom. The molecule has 2 atom stereocenters. The van der Waals surface area contributed by atoms with E-state index in [4.69, 9.17) is 5.73 Å². The van der Waals surface area contributed by atoms with Crippen LogP contribution in [0.3, 0.4) is 0 Å². The number of nitrogens with zero attached hydrogens (tertiary/aromatic N) is 2. The van der Waals surface area contributed by atoms with Crippen LogP contribution in [0.25, 0.3) is 0 Å². The molecule has 0 aromatic heterocycles. The summed E-state index contributed by atoms with van der Waals surface area (Å²) in [7, 11) is 0. The van der Waals surface area contributed by atoms with Crippen molar-refractivity contribution in [1.29, 1.82) is 0 Å². The summed E-state index contributed by atoms with van der Waals surface area (Å²) in [6, 6.07) is 0.837. The molecule has 23 heavy (non-hydrogen) atoms. The third-order valence-corrected chi connectivity index (χ3v) is 5.61. The van der Waals surface area contributed by atoms with Crippen LogP contribution in [0.4, 0.5) is 0 Å². The van der Waals surface area contributed by atoms with Crippen molar-refractivity contribution in [2.24, 2.45) is 11.7 Å². The Kier molecular flexibility index (Phi) is 8.59. The van der Waals surface area contributed by atoms with Gasteiger partial charge in [0.2, 0.25) is 5.91 Å². The number of hydrogen-bond donors (Lipinski definition) is 2. The fourth-order valence-corrected chi connectivity index (χ4v) is 4.20. The monoisotopic (exact) mass is 367 g/mol. The molecule has 0 aromatic rings. The molecule has 3 fully saturated rings. The van der Waals surface area contributed by atoms with Crippen LogP contribution < -0.4 is 5.73 Å². The standard InChI is InChI=1S/C16H29N3O2.2ClH/c17-13-2-1-12(11-13)16(21)19-7-3-14(4-8-19)18-9-5-15(20)6-10-18;;/h12-15,20H,1-11,17H2;2*1H/t12-,13+;;/m0../s1. The van der Waals surface area contributed by atoms with Crippen molar-refractivity contribution in [3.63, 3.8) is 0 Å². The zero-order chi connectivity index (χ0) is 14.8. The average Bonchev–Trinajstić information content (AvgIpc) is 2.94. The number of rotatable bonds is 2. The summed E-state index contributed by atoms with van der Waals surface area (Å²) >= 11 is 0. The summed E-state index contributed by atoms with van der Waals surface area (Å²) < 4.78 is 0. The van der Waals surface area contributed by atoms with Gasteiger partial charge in [0.1, 0.15) is 0 Å². The summed E-state index contributed by atoms with van der Waals surface area (Å²) in [6.45, 7) is 3.82. The van der Waals surface area contributed by atoms with Gasteiger partial charge in [-0.05, 0) is 44.9 Å². The second kappa shape index (κ2) is 9.42. The van der Waals surface area contributed by atoms with Crippen LogP contribution in [0.5, 0.6) is 0 Å². The van der Waals surface area contributed by atoms with Crippen LogP contribution in [0.2, 0.25) is 0 Å². The normalized spacial score (nSPS) is 30.6. The Balaban J connectivity index is 0.00000132. The highest BCUT2D eigenvalue weighted by molar-refractivity contribution is 5.85. The summed E-state index contributed by atoms with van der Waals surface area (Å²) in [5, 5.41) is 9.59. The number of likely N-dealkylation sites (tertiary alicyclic amines) is 2. The maximum absolute atomic E-state index is 12.5. The van der Waals surface area contributed by atoms with E-state index in [-0.39, 0.29) is 42.9 Å². The van der Waals surface area contributed by atoms with Crippen molar-refractivity contribution in [1.82, 2.24) is 9.80 Å². The van der Waals surface area contributed by atoms with Crippen molar-refractivity contribution in [2.45, 2.75) is 63.1 Å². The summed E-state index contributed by atoms with van der Waals surface area (Å²) in [4.78, 5) is 17.1. The molecule has 1 saturated carbocycles. The van der Waals surface area contributed by atoms with Gasteiger partial charge in [-0.25, -0.2) is 0 Å². The number of aliphatic hydroxyl groups is 1.